The Balaban J connectivity index is 1.64. The number of hydrogen-bond donors (Lipinski definition) is 0. The number of ether oxygens (including phenoxy) is 3. The molecular formula is C20H22ClNO6S. The van der Waals surface area contributed by atoms with Gasteiger partial charge in [-0.2, -0.15) is 4.31 Å². The lowest BCUT2D eigenvalue weighted by atomic mass is 10.1. The molecule has 0 unspecified atom stereocenters. The number of halogens is 1. The number of aryl methyl sites for hydroxylation is 1. The van der Waals surface area contributed by atoms with E-state index in [-0.39, 0.29) is 36.8 Å². The fraction of sp³-hybridized carbons (Fsp3) is 0.350. The number of para-hydroxylation sites is 1. The standard InChI is InChI=1S/C20H22ClNO6S/c1-15-6-7-16(29(24,25)22-8-10-26-11-9-22)14-17(15)20(23)28-13-12-27-19-5-3-2-4-18(19)21/h2-7,14H,8-13H2,1H3. The summed E-state index contributed by atoms with van der Waals surface area (Å²) in [6.45, 7) is 3.13. The maximum atomic E-state index is 12.8. The number of esters is 1. The highest BCUT2D eigenvalue weighted by atomic mass is 35.5. The highest BCUT2D eigenvalue weighted by Crippen LogP contribution is 2.23. The lowest BCUT2D eigenvalue weighted by molar-refractivity contribution is 0.0449. The number of rotatable bonds is 7. The smallest absolute Gasteiger partial charge is 0.338 e. The van der Waals surface area contributed by atoms with Crippen molar-refractivity contribution in [3.05, 3.63) is 58.6 Å². The molecule has 1 saturated heterocycles. The molecule has 29 heavy (non-hydrogen) atoms. The van der Waals surface area contributed by atoms with Gasteiger partial charge in [0.25, 0.3) is 0 Å². The lowest BCUT2D eigenvalue weighted by Crippen LogP contribution is -2.40. The first-order valence-corrected chi connectivity index (χ1v) is 10.9. The molecule has 0 radical (unpaired) electrons. The summed E-state index contributed by atoms with van der Waals surface area (Å²) in [5.41, 5.74) is 0.833. The van der Waals surface area contributed by atoms with Gasteiger partial charge >= 0.3 is 5.97 Å². The van der Waals surface area contributed by atoms with Crippen molar-refractivity contribution in [2.45, 2.75) is 11.8 Å². The van der Waals surface area contributed by atoms with Crippen LogP contribution in [0.5, 0.6) is 5.75 Å². The Morgan fingerprint density at radius 1 is 1.14 bits per heavy atom. The van der Waals surface area contributed by atoms with Gasteiger partial charge in [0.05, 0.1) is 28.7 Å². The van der Waals surface area contributed by atoms with Crippen LogP contribution >= 0.6 is 11.6 Å². The molecule has 0 aromatic heterocycles. The zero-order chi connectivity index (χ0) is 20.9. The Kier molecular flexibility index (Phi) is 7.13. The SMILES string of the molecule is Cc1ccc(S(=O)(=O)N2CCOCC2)cc1C(=O)OCCOc1ccccc1Cl. The Morgan fingerprint density at radius 2 is 1.86 bits per heavy atom. The number of nitrogens with zero attached hydrogens (tertiary/aromatic N) is 1. The summed E-state index contributed by atoms with van der Waals surface area (Å²) in [7, 11) is -3.69. The summed E-state index contributed by atoms with van der Waals surface area (Å²) in [5, 5.41) is 0.468. The first-order valence-electron chi connectivity index (χ1n) is 9.12. The summed E-state index contributed by atoms with van der Waals surface area (Å²) < 4.78 is 42.9. The quantitative estimate of drug-likeness (QED) is 0.487. The molecule has 0 bridgehead atoms. The minimum Gasteiger partial charge on any atom is -0.488 e. The average Bonchev–Trinajstić information content (AvgIpc) is 2.73. The van der Waals surface area contributed by atoms with Crippen molar-refractivity contribution in [2.75, 3.05) is 39.5 Å². The topological polar surface area (TPSA) is 82.1 Å². The molecule has 1 fully saturated rings. The van der Waals surface area contributed by atoms with Crippen LogP contribution in [0.2, 0.25) is 5.02 Å². The van der Waals surface area contributed by atoms with Crippen molar-refractivity contribution >= 4 is 27.6 Å². The van der Waals surface area contributed by atoms with Gasteiger partial charge in [0.1, 0.15) is 19.0 Å². The Bertz CT molecular complexity index is 973. The van der Waals surface area contributed by atoms with Gasteiger partial charge in [0.2, 0.25) is 10.0 Å². The van der Waals surface area contributed by atoms with Crippen LogP contribution < -0.4 is 4.74 Å². The maximum absolute atomic E-state index is 12.8. The van der Waals surface area contributed by atoms with Crippen LogP contribution in [-0.4, -0.2) is 58.2 Å². The largest absolute Gasteiger partial charge is 0.488 e. The van der Waals surface area contributed by atoms with Crippen LogP contribution in [0.15, 0.2) is 47.4 Å². The van der Waals surface area contributed by atoms with Crippen molar-refractivity contribution in [3.8, 4) is 5.75 Å². The van der Waals surface area contributed by atoms with Crippen LogP contribution in [0.1, 0.15) is 15.9 Å². The molecule has 2 aromatic carbocycles. The number of sulfonamides is 1. The molecule has 3 rings (SSSR count). The van der Waals surface area contributed by atoms with E-state index in [1.807, 2.05) is 0 Å². The van der Waals surface area contributed by atoms with Gasteiger partial charge in [-0.15, -0.1) is 0 Å². The second-order valence-electron chi connectivity index (χ2n) is 6.41. The number of morpholine rings is 1. The van der Waals surface area contributed by atoms with E-state index in [1.54, 1.807) is 37.3 Å². The number of benzene rings is 2. The molecule has 0 spiro atoms. The molecule has 7 nitrogen and oxygen atoms in total. The second kappa shape index (κ2) is 9.58. The van der Waals surface area contributed by atoms with Crippen LogP contribution in [0.25, 0.3) is 0 Å². The van der Waals surface area contributed by atoms with E-state index < -0.39 is 16.0 Å². The summed E-state index contributed by atoms with van der Waals surface area (Å²) in [5.74, 6) is -0.107. The molecule has 2 aromatic rings. The van der Waals surface area contributed by atoms with E-state index in [0.717, 1.165) is 0 Å². The van der Waals surface area contributed by atoms with Gasteiger partial charge in [0.15, 0.2) is 0 Å². The minimum atomic E-state index is -3.69. The molecule has 9 heteroatoms. The van der Waals surface area contributed by atoms with E-state index in [4.69, 9.17) is 25.8 Å². The van der Waals surface area contributed by atoms with Gasteiger partial charge in [-0.05, 0) is 36.8 Å². The van der Waals surface area contributed by atoms with Crippen molar-refractivity contribution in [2.24, 2.45) is 0 Å². The summed E-state index contributed by atoms with van der Waals surface area (Å²) in [4.78, 5) is 12.5. The Hall–Kier alpha value is -2.13. The van der Waals surface area contributed by atoms with Gasteiger partial charge < -0.3 is 14.2 Å². The van der Waals surface area contributed by atoms with E-state index >= 15 is 0 Å². The van der Waals surface area contributed by atoms with E-state index in [9.17, 15) is 13.2 Å². The predicted octanol–water partition coefficient (Wildman–Crippen LogP) is 2.91. The highest BCUT2D eigenvalue weighted by Gasteiger charge is 2.27. The number of carbonyl (C=O) groups excluding carboxylic acids is 1. The normalized spacial score (nSPS) is 15.1. The van der Waals surface area contributed by atoms with E-state index in [1.165, 1.54) is 16.4 Å². The first-order chi connectivity index (χ1) is 13.9. The molecule has 1 heterocycles. The fourth-order valence-electron chi connectivity index (χ4n) is 2.84. The summed E-state index contributed by atoms with van der Waals surface area (Å²) >= 11 is 6.01. The monoisotopic (exact) mass is 439 g/mol. The Labute approximate surface area is 175 Å². The van der Waals surface area contributed by atoms with E-state index in [0.29, 0.717) is 29.5 Å². The van der Waals surface area contributed by atoms with Crippen LogP contribution in [0.4, 0.5) is 0 Å². The average molecular weight is 440 g/mol. The van der Waals surface area contributed by atoms with Crippen molar-refractivity contribution in [3.63, 3.8) is 0 Å². The molecule has 0 N–H and O–H groups in total. The lowest BCUT2D eigenvalue weighted by Gasteiger charge is -2.26. The van der Waals surface area contributed by atoms with Gasteiger partial charge in [0, 0.05) is 13.1 Å². The first kappa shape index (κ1) is 21.6. The molecule has 156 valence electrons. The third kappa shape index (κ3) is 5.27. The third-order valence-corrected chi connectivity index (χ3v) is 6.65. The van der Waals surface area contributed by atoms with Crippen molar-refractivity contribution in [1.29, 1.82) is 0 Å². The number of hydrogen-bond acceptors (Lipinski definition) is 6. The van der Waals surface area contributed by atoms with Gasteiger partial charge in [-0.25, -0.2) is 13.2 Å². The summed E-state index contributed by atoms with van der Waals surface area (Å²) in [6.07, 6.45) is 0. The minimum absolute atomic E-state index is 0.00391. The highest BCUT2D eigenvalue weighted by molar-refractivity contribution is 7.89. The van der Waals surface area contributed by atoms with E-state index in [2.05, 4.69) is 0 Å². The van der Waals surface area contributed by atoms with Crippen LogP contribution in [0, 0.1) is 6.92 Å². The fourth-order valence-corrected chi connectivity index (χ4v) is 4.47. The molecule has 0 aliphatic carbocycles. The molecule has 0 saturated carbocycles. The molecule has 0 amide bonds. The molecule has 1 aliphatic rings. The number of carbonyl (C=O) groups is 1. The zero-order valence-corrected chi connectivity index (χ0v) is 17.5. The van der Waals surface area contributed by atoms with Crippen LogP contribution in [-0.2, 0) is 19.5 Å². The van der Waals surface area contributed by atoms with Gasteiger partial charge in [-0.3, -0.25) is 0 Å². The maximum Gasteiger partial charge on any atom is 0.338 e. The molecule has 0 atom stereocenters. The zero-order valence-electron chi connectivity index (χ0n) is 16.0. The van der Waals surface area contributed by atoms with Crippen molar-refractivity contribution in [1.82, 2.24) is 4.31 Å². The second-order valence-corrected chi connectivity index (χ2v) is 8.75. The van der Waals surface area contributed by atoms with Crippen molar-refractivity contribution < 1.29 is 27.4 Å². The summed E-state index contributed by atoms with van der Waals surface area (Å²) in [6, 6.07) is 11.5. The molecular weight excluding hydrogens is 418 g/mol. The van der Waals surface area contributed by atoms with Crippen LogP contribution in [0.3, 0.4) is 0 Å². The van der Waals surface area contributed by atoms with Gasteiger partial charge in [-0.1, -0.05) is 29.8 Å². The Morgan fingerprint density at radius 3 is 2.59 bits per heavy atom. The molecule has 1 aliphatic heterocycles. The predicted molar refractivity (Wildman–Crippen MR) is 108 cm³/mol. The third-order valence-electron chi connectivity index (χ3n) is 4.45.